The summed E-state index contributed by atoms with van der Waals surface area (Å²) in [6.07, 6.45) is 1.56. The summed E-state index contributed by atoms with van der Waals surface area (Å²) in [5, 5.41) is 0. The average molecular weight is 434 g/mol. The number of aryl methyl sites for hydroxylation is 1. The molecule has 0 atom stereocenters. The molecule has 0 unspecified atom stereocenters. The molecule has 0 bridgehead atoms. The fourth-order valence-electron chi connectivity index (χ4n) is 3.42. The van der Waals surface area contributed by atoms with Crippen LogP contribution in [0.1, 0.15) is 31.8 Å². The third-order valence-electron chi connectivity index (χ3n) is 4.97. The van der Waals surface area contributed by atoms with Gasteiger partial charge in [0, 0.05) is 11.6 Å². The standard InChI is InChI=1S/C25H19FO6/c1-14-10-17(31-25(28)18-6-4-5-7-19(18)26)13-21-23(14)24(27)22(32-21)12-15-11-16(29-2)8-9-20(15)30-3/h4-13H,1-3H3/b22-12-. The van der Waals surface area contributed by atoms with E-state index in [1.54, 1.807) is 44.4 Å². The van der Waals surface area contributed by atoms with E-state index in [1.165, 1.54) is 37.4 Å². The van der Waals surface area contributed by atoms with Crippen LogP contribution in [-0.4, -0.2) is 26.0 Å². The monoisotopic (exact) mass is 434 g/mol. The number of esters is 1. The molecule has 0 saturated heterocycles. The minimum atomic E-state index is -0.844. The first kappa shape index (κ1) is 21.1. The van der Waals surface area contributed by atoms with Gasteiger partial charge in [0.25, 0.3) is 0 Å². The molecule has 1 heterocycles. The van der Waals surface area contributed by atoms with Gasteiger partial charge < -0.3 is 18.9 Å². The van der Waals surface area contributed by atoms with Gasteiger partial charge in [-0.3, -0.25) is 4.79 Å². The number of rotatable bonds is 5. The van der Waals surface area contributed by atoms with Gasteiger partial charge in [0.05, 0.1) is 25.3 Å². The smallest absolute Gasteiger partial charge is 0.346 e. The number of fused-ring (bicyclic) bond motifs is 1. The number of allylic oxidation sites excluding steroid dienone is 1. The molecule has 0 amide bonds. The molecule has 0 fully saturated rings. The van der Waals surface area contributed by atoms with Gasteiger partial charge in [0.1, 0.15) is 28.8 Å². The third kappa shape index (κ3) is 3.92. The maximum Gasteiger partial charge on any atom is 0.346 e. The highest BCUT2D eigenvalue weighted by molar-refractivity contribution is 6.15. The minimum Gasteiger partial charge on any atom is -0.497 e. The van der Waals surface area contributed by atoms with Crippen molar-refractivity contribution in [1.82, 2.24) is 0 Å². The second-order valence-corrected chi connectivity index (χ2v) is 7.03. The van der Waals surface area contributed by atoms with Crippen molar-refractivity contribution in [2.24, 2.45) is 0 Å². The summed E-state index contributed by atoms with van der Waals surface area (Å²) >= 11 is 0. The van der Waals surface area contributed by atoms with Gasteiger partial charge in [0.2, 0.25) is 5.78 Å². The number of halogens is 1. The first-order valence-corrected chi connectivity index (χ1v) is 9.69. The highest BCUT2D eigenvalue weighted by atomic mass is 19.1. The molecule has 4 rings (SSSR count). The Morgan fingerprint density at radius 3 is 2.50 bits per heavy atom. The molecule has 0 radical (unpaired) electrons. The number of Topliss-reactive ketones (excluding diaryl/α,β-unsaturated/α-hetero) is 1. The van der Waals surface area contributed by atoms with Crippen LogP contribution in [0.2, 0.25) is 0 Å². The Morgan fingerprint density at radius 2 is 1.78 bits per heavy atom. The molecular formula is C25H19FO6. The van der Waals surface area contributed by atoms with Crippen molar-refractivity contribution in [2.75, 3.05) is 14.2 Å². The van der Waals surface area contributed by atoms with Gasteiger partial charge in [0.15, 0.2) is 5.76 Å². The van der Waals surface area contributed by atoms with Crippen molar-refractivity contribution in [3.05, 3.63) is 88.4 Å². The molecule has 0 aliphatic carbocycles. The van der Waals surface area contributed by atoms with Crippen molar-refractivity contribution in [3.8, 4) is 23.0 Å². The van der Waals surface area contributed by atoms with E-state index in [0.717, 1.165) is 0 Å². The number of ether oxygens (including phenoxy) is 4. The molecule has 0 aromatic heterocycles. The van der Waals surface area contributed by atoms with Gasteiger partial charge in [-0.15, -0.1) is 0 Å². The lowest BCUT2D eigenvalue weighted by molar-refractivity contribution is 0.0729. The second-order valence-electron chi connectivity index (χ2n) is 7.03. The first-order chi connectivity index (χ1) is 15.4. The lowest BCUT2D eigenvalue weighted by atomic mass is 10.0. The molecule has 0 spiro atoms. The fraction of sp³-hybridized carbons (Fsp3) is 0.120. The number of carbonyl (C=O) groups is 2. The summed E-state index contributed by atoms with van der Waals surface area (Å²) < 4.78 is 35.6. The van der Waals surface area contributed by atoms with E-state index in [0.29, 0.717) is 28.2 Å². The van der Waals surface area contributed by atoms with Crippen molar-refractivity contribution in [3.63, 3.8) is 0 Å². The normalized spacial score (nSPS) is 13.5. The van der Waals surface area contributed by atoms with Crippen molar-refractivity contribution < 1.29 is 32.9 Å². The first-order valence-electron chi connectivity index (χ1n) is 9.69. The van der Waals surface area contributed by atoms with Crippen molar-refractivity contribution >= 4 is 17.8 Å². The lowest BCUT2D eigenvalue weighted by Crippen LogP contribution is -2.10. The second kappa shape index (κ2) is 8.55. The molecule has 6 nitrogen and oxygen atoms in total. The lowest BCUT2D eigenvalue weighted by Gasteiger charge is -2.08. The molecule has 7 heteroatoms. The average Bonchev–Trinajstić information content (AvgIpc) is 3.09. The summed E-state index contributed by atoms with van der Waals surface area (Å²) in [6.45, 7) is 1.70. The number of ketones is 1. The van der Waals surface area contributed by atoms with Crippen LogP contribution in [0.25, 0.3) is 6.08 Å². The Labute approximate surface area is 183 Å². The third-order valence-corrected chi connectivity index (χ3v) is 4.97. The van der Waals surface area contributed by atoms with E-state index < -0.39 is 11.8 Å². The SMILES string of the molecule is COc1ccc(OC)c(/C=C2\Oc3cc(OC(=O)c4ccccc4F)cc(C)c3C2=O)c1. The quantitative estimate of drug-likeness (QED) is 0.320. The molecule has 0 N–H and O–H groups in total. The van der Waals surface area contributed by atoms with E-state index in [1.807, 2.05) is 0 Å². The van der Waals surface area contributed by atoms with Gasteiger partial charge in [-0.1, -0.05) is 12.1 Å². The van der Waals surface area contributed by atoms with Gasteiger partial charge in [-0.05, 0) is 55.0 Å². The molecule has 1 aliphatic heterocycles. The van der Waals surface area contributed by atoms with Crippen LogP contribution < -0.4 is 18.9 Å². The fourth-order valence-corrected chi connectivity index (χ4v) is 3.42. The zero-order valence-corrected chi connectivity index (χ0v) is 17.6. The van der Waals surface area contributed by atoms with Crippen LogP contribution in [0.5, 0.6) is 23.0 Å². The molecule has 3 aromatic rings. The minimum absolute atomic E-state index is 0.0900. The van der Waals surface area contributed by atoms with Crippen LogP contribution in [-0.2, 0) is 0 Å². The zero-order valence-electron chi connectivity index (χ0n) is 17.6. The van der Waals surface area contributed by atoms with Crippen LogP contribution >= 0.6 is 0 Å². The van der Waals surface area contributed by atoms with Gasteiger partial charge >= 0.3 is 5.97 Å². The number of hydrogen-bond donors (Lipinski definition) is 0. The Hall–Kier alpha value is -4.13. The maximum atomic E-state index is 13.9. The predicted octanol–water partition coefficient (Wildman–Crippen LogP) is 4.99. The van der Waals surface area contributed by atoms with Crippen LogP contribution in [0, 0.1) is 12.7 Å². The molecule has 162 valence electrons. The Balaban J connectivity index is 1.65. The molecule has 32 heavy (non-hydrogen) atoms. The number of benzene rings is 3. The Bertz CT molecular complexity index is 1260. The van der Waals surface area contributed by atoms with Crippen molar-refractivity contribution in [1.29, 1.82) is 0 Å². The van der Waals surface area contributed by atoms with Crippen molar-refractivity contribution in [2.45, 2.75) is 6.92 Å². The van der Waals surface area contributed by atoms with Crippen LogP contribution in [0.4, 0.5) is 4.39 Å². The number of methoxy groups -OCH3 is 2. The maximum absolute atomic E-state index is 13.9. The molecule has 3 aromatic carbocycles. The highest BCUT2D eigenvalue weighted by Gasteiger charge is 2.31. The zero-order chi connectivity index (χ0) is 22.8. The van der Waals surface area contributed by atoms with E-state index >= 15 is 0 Å². The number of carbonyl (C=O) groups excluding carboxylic acids is 2. The van der Waals surface area contributed by atoms with E-state index in [4.69, 9.17) is 18.9 Å². The highest BCUT2D eigenvalue weighted by Crippen LogP contribution is 2.38. The number of hydrogen-bond acceptors (Lipinski definition) is 6. The van der Waals surface area contributed by atoms with Gasteiger partial charge in [-0.25, -0.2) is 9.18 Å². The molecular weight excluding hydrogens is 415 g/mol. The van der Waals surface area contributed by atoms with E-state index in [-0.39, 0.29) is 28.6 Å². The van der Waals surface area contributed by atoms with Crippen LogP contribution in [0.3, 0.4) is 0 Å². The summed E-state index contributed by atoms with van der Waals surface area (Å²) in [6, 6.07) is 13.7. The summed E-state index contributed by atoms with van der Waals surface area (Å²) in [5.41, 5.74) is 1.34. The van der Waals surface area contributed by atoms with E-state index in [2.05, 4.69) is 0 Å². The summed E-state index contributed by atoms with van der Waals surface area (Å²) in [5.74, 6) is -0.215. The summed E-state index contributed by atoms with van der Waals surface area (Å²) in [4.78, 5) is 25.3. The van der Waals surface area contributed by atoms with Gasteiger partial charge in [-0.2, -0.15) is 0 Å². The van der Waals surface area contributed by atoms with Crippen LogP contribution in [0.15, 0.2) is 60.4 Å². The predicted molar refractivity (Wildman–Crippen MR) is 115 cm³/mol. The molecule has 0 saturated carbocycles. The van der Waals surface area contributed by atoms with E-state index in [9.17, 15) is 14.0 Å². The Morgan fingerprint density at radius 1 is 1.00 bits per heavy atom. The molecule has 1 aliphatic rings. The summed E-state index contributed by atoms with van der Waals surface area (Å²) in [7, 11) is 3.07. The largest absolute Gasteiger partial charge is 0.497 e. The topological polar surface area (TPSA) is 71.1 Å². The Kier molecular flexibility index (Phi) is 5.64.